The van der Waals surface area contributed by atoms with Gasteiger partial charge in [0.1, 0.15) is 5.75 Å². The smallest absolute Gasteiger partial charge is 0.262 e. The molecule has 0 saturated heterocycles. The first-order chi connectivity index (χ1) is 10.4. The van der Waals surface area contributed by atoms with Gasteiger partial charge in [0.25, 0.3) is 5.91 Å². The Labute approximate surface area is 132 Å². The minimum absolute atomic E-state index is 0.00103. The van der Waals surface area contributed by atoms with Crippen molar-refractivity contribution in [3.8, 4) is 5.75 Å². The fourth-order valence-corrected chi connectivity index (χ4v) is 2.28. The third-order valence-electron chi connectivity index (χ3n) is 3.36. The lowest BCUT2D eigenvalue weighted by atomic mass is 9.86. The monoisotopic (exact) mass is 297 g/mol. The van der Waals surface area contributed by atoms with E-state index in [-0.39, 0.29) is 17.9 Å². The van der Waals surface area contributed by atoms with Crippen LogP contribution in [0.15, 0.2) is 48.5 Å². The summed E-state index contributed by atoms with van der Waals surface area (Å²) in [4.78, 5) is 12.0. The van der Waals surface area contributed by atoms with Crippen LogP contribution in [0.25, 0.3) is 0 Å². The van der Waals surface area contributed by atoms with Gasteiger partial charge in [0.15, 0.2) is 6.61 Å². The predicted octanol–water partition coefficient (Wildman–Crippen LogP) is 4.31. The molecule has 2 rings (SSSR count). The summed E-state index contributed by atoms with van der Waals surface area (Å²) in [5.41, 5.74) is 2.97. The van der Waals surface area contributed by atoms with Gasteiger partial charge >= 0.3 is 0 Å². The van der Waals surface area contributed by atoms with Gasteiger partial charge in [-0.25, -0.2) is 0 Å². The van der Waals surface area contributed by atoms with Crippen molar-refractivity contribution in [2.24, 2.45) is 0 Å². The molecule has 0 aliphatic carbocycles. The van der Waals surface area contributed by atoms with Gasteiger partial charge in [-0.1, -0.05) is 51.1 Å². The average molecular weight is 297 g/mol. The molecule has 0 radical (unpaired) electrons. The number of carbonyl (C=O) groups is 1. The summed E-state index contributed by atoms with van der Waals surface area (Å²) < 4.78 is 5.72. The van der Waals surface area contributed by atoms with Crippen LogP contribution in [-0.4, -0.2) is 12.5 Å². The molecule has 0 atom stereocenters. The van der Waals surface area contributed by atoms with Crippen molar-refractivity contribution in [2.75, 3.05) is 11.9 Å². The van der Waals surface area contributed by atoms with Gasteiger partial charge in [-0.3, -0.25) is 4.79 Å². The van der Waals surface area contributed by atoms with Crippen molar-refractivity contribution in [1.82, 2.24) is 0 Å². The third-order valence-corrected chi connectivity index (χ3v) is 3.36. The number of anilines is 1. The predicted molar refractivity (Wildman–Crippen MR) is 90.4 cm³/mol. The number of hydrogen-bond donors (Lipinski definition) is 1. The Morgan fingerprint density at radius 2 is 1.82 bits per heavy atom. The van der Waals surface area contributed by atoms with Crippen molar-refractivity contribution in [2.45, 2.75) is 33.1 Å². The Hall–Kier alpha value is -2.29. The highest BCUT2D eigenvalue weighted by Gasteiger charge is 2.18. The minimum atomic E-state index is -0.158. The van der Waals surface area contributed by atoms with Crippen LogP contribution in [0.5, 0.6) is 5.75 Å². The van der Waals surface area contributed by atoms with Crippen LogP contribution in [-0.2, 0) is 10.2 Å². The molecule has 1 N–H and O–H groups in total. The Morgan fingerprint density at radius 3 is 2.50 bits per heavy atom. The van der Waals surface area contributed by atoms with E-state index in [4.69, 9.17) is 4.74 Å². The molecule has 0 aromatic heterocycles. The number of nitrogens with one attached hydrogen (secondary N) is 1. The summed E-state index contributed by atoms with van der Waals surface area (Å²) in [6, 6.07) is 15.6. The highest BCUT2D eigenvalue weighted by atomic mass is 16.5. The number of amides is 1. The molecule has 0 heterocycles. The zero-order valence-corrected chi connectivity index (χ0v) is 13.6. The Balaban J connectivity index is 2.00. The summed E-state index contributed by atoms with van der Waals surface area (Å²) in [6.45, 7) is 8.37. The number of benzene rings is 2. The lowest BCUT2D eigenvalue weighted by Gasteiger charge is -2.22. The first-order valence-corrected chi connectivity index (χ1v) is 7.45. The molecular weight excluding hydrogens is 274 g/mol. The molecule has 2 aromatic rings. The molecule has 0 spiro atoms. The van der Waals surface area contributed by atoms with Gasteiger partial charge in [-0.05, 0) is 41.7 Å². The van der Waals surface area contributed by atoms with Crippen molar-refractivity contribution in [1.29, 1.82) is 0 Å². The third kappa shape index (κ3) is 4.35. The molecule has 3 heteroatoms. The fraction of sp³-hybridized carbons (Fsp3) is 0.316. The summed E-state index contributed by atoms with van der Waals surface area (Å²) >= 11 is 0. The number of aryl methyl sites for hydroxylation is 1. The Bertz CT molecular complexity index is 656. The van der Waals surface area contributed by atoms with Crippen LogP contribution >= 0.6 is 0 Å². The van der Waals surface area contributed by atoms with E-state index in [0.717, 1.165) is 22.6 Å². The number of ether oxygens (including phenoxy) is 1. The number of para-hydroxylation sites is 1. The quantitative estimate of drug-likeness (QED) is 0.913. The van der Waals surface area contributed by atoms with E-state index >= 15 is 0 Å². The summed E-state index contributed by atoms with van der Waals surface area (Å²) in [7, 11) is 0. The lowest BCUT2D eigenvalue weighted by molar-refractivity contribution is -0.118. The summed E-state index contributed by atoms with van der Waals surface area (Å²) in [6.07, 6.45) is 0. The molecule has 0 unspecified atom stereocenters. The van der Waals surface area contributed by atoms with Gasteiger partial charge in [0, 0.05) is 5.69 Å². The van der Waals surface area contributed by atoms with E-state index in [2.05, 4.69) is 26.1 Å². The molecule has 0 aliphatic heterocycles. The second kappa shape index (κ2) is 6.65. The average Bonchev–Trinajstić information content (AvgIpc) is 2.44. The largest absolute Gasteiger partial charge is 0.483 e. The molecular formula is C19H23NO2. The standard InChI is InChI=1S/C19H23NO2/c1-14-8-7-9-15(12-14)20-18(21)13-22-17-11-6-5-10-16(17)19(2,3)4/h5-12H,13H2,1-4H3,(H,20,21). The first kappa shape index (κ1) is 16.1. The van der Waals surface area contributed by atoms with Crippen LogP contribution in [0.1, 0.15) is 31.9 Å². The minimum Gasteiger partial charge on any atom is -0.483 e. The highest BCUT2D eigenvalue weighted by Crippen LogP contribution is 2.30. The van der Waals surface area contributed by atoms with Gasteiger partial charge in [-0.15, -0.1) is 0 Å². The molecule has 0 bridgehead atoms. The maximum Gasteiger partial charge on any atom is 0.262 e. The Morgan fingerprint density at radius 1 is 1.09 bits per heavy atom. The van der Waals surface area contributed by atoms with E-state index in [9.17, 15) is 4.79 Å². The fourth-order valence-electron chi connectivity index (χ4n) is 2.28. The molecule has 0 saturated carbocycles. The summed E-state index contributed by atoms with van der Waals surface area (Å²) in [5.74, 6) is 0.601. The molecule has 2 aromatic carbocycles. The molecule has 1 amide bonds. The van der Waals surface area contributed by atoms with Gasteiger partial charge in [0.05, 0.1) is 0 Å². The zero-order chi connectivity index (χ0) is 16.2. The second-order valence-corrected chi connectivity index (χ2v) is 6.45. The molecule has 22 heavy (non-hydrogen) atoms. The zero-order valence-electron chi connectivity index (χ0n) is 13.6. The van der Waals surface area contributed by atoms with Crippen molar-refractivity contribution in [3.63, 3.8) is 0 Å². The molecule has 116 valence electrons. The lowest BCUT2D eigenvalue weighted by Crippen LogP contribution is -2.22. The van der Waals surface area contributed by atoms with Gasteiger partial charge < -0.3 is 10.1 Å². The highest BCUT2D eigenvalue weighted by molar-refractivity contribution is 5.91. The number of carbonyl (C=O) groups excluding carboxylic acids is 1. The molecule has 0 aliphatic rings. The maximum absolute atomic E-state index is 12.0. The second-order valence-electron chi connectivity index (χ2n) is 6.45. The van der Waals surface area contributed by atoms with E-state index in [1.54, 1.807) is 0 Å². The van der Waals surface area contributed by atoms with Gasteiger partial charge in [-0.2, -0.15) is 0 Å². The van der Waals surface area contributed by atoms with Crippen molar-refractivity contribution >= 4 is 11.6 Å². The van der Waals surface area contributed by atoms with Crippen LogP contribution in [0.2, 0.25) is 0 Å². The maximum atomic E-state index is 12.0. The number of rotatable bonds is 4. The normalized spacial score (nSPS) is 11.1. The van der Waals surface area contributed by atoms with E-state index in [1.165, 1.54) is 0 Å². The van der Waals surface area contributed by atoms with Crippen molar-refractivity contribution < 1.29 is 9.53 Å². The van der Waals surface area contributed by atoms with E-state index < -0.39 is 0 Å². The first-order valence-electron chi connectivity index (χ1n) is 7.45. The van der Waals surface area contributed by atoms with Crippen LogP contribution in [0, 0.1) is 6.92 Å². The van der Waals surface area contributed by atoms with E-state index in [0.29, 0.717) is 0 Å². The molecule has 3 nitrogen and oxygen atoms in total. The SMILES string of the molecule is Cc1cccc(NC(=O)COc2ccccc2C(C)(C)C)c1. The summed E-state index contributed by atoms with van der Waals surface area (Å²) in [5, 5.41) is 2.85. The van der Waals surface area contributed by atoms with Crippen LogP contribution < -0.4 is 10.1 Å². The molecule has 0 fully saturated rings. The number of hydrogen-bond acceptors (Lipinski definition) is 2. The van der Waals surface area contributed by atoms with Crippen LogP contribution in [0.3, 0.4) is 0 Å². The van der Waals surface area contributed by atoms with E-state index in [1.807, 2.05) is 55.5 Å². The topological polar surface area (TPSA) is 38.3 Å². The van der Waals surface area contributed by atoms with Crippen LogP contribution in [0.4, 0.5) is 5.69 Å². The van der Waals surface area contributed by atoms with Crippen molar-refractivity contribution in [3.05, 3.63) is 59.7 Å². The Kier molecular flexibility index (Phi) is 4.86. The van der Waals surface area contributed by atoms with Gasteiger partial charge in [0.2, 0.25) is 0 Å².